The molecule has 4 heteroatoms. The minimum absolute atomic E-state index is 0.601. The molecule has 2 aliphatic rings. The third kappa shape index (κ3) is 3.46. The van der Waals surface area contributed by atoms with Crippen molar-refractivity contribution in [2.75, 3.05) is 38.0 Å². The molecule has 3 N–H and O–H groups in total. The van der Waals surface area contributed by atoms with E-state index in [1.807, 2.05) is 6.07 Å². The molecule has 0 amide bonds. The summed E-state index contributed by atoms with van der Waals surface area (Å²) >= 11 is 6.10. The van der Waals surface area contributed by atoms with Crippen LogP contribution in [0.25, 0.3) is 0 Å². The van der Waals surface area contributed by atoms with Crippen LogP contribution in [0.5, 0.6) is 0 Å². The number of anilines is 1. The van der Waals surface area contributed by atoms with Crippen LogP contribution in [-0.4, -0.2) is 32.7 Å². The molecule has 3 rings (SSSR count). The Bertz CT molecular complexity index is 443. The van der Waals surface area contributed by atoms with Gasteiger partial charge in [-0.3, -0.25) is 0 Å². The van der Waals surface area contributed by atoms with Crippen LogP contribution in [0.2, 0.25) is 5.02 Å². The second-order valence-corrected chi connectivity index (χ2v) is 6.43. The van der Waals surface area contributed by atoms with E-state index < -0.39 is 0 Å². The zero-order valence-electron chi connectivity index (χ0n) is 11.9. The number of hydrogen-bond acceptors (Lipinski definition) is 3. The van der Waals surface area contributed by atoms with E-state index in [9.17, 15) is 0 Å². The zero-order chi connectivity index (χ0) is 13.8. The fourth-order valence-electron chi connectivity index (χ4n) is 3.30. The van der Waals surface area contributed by atoms with Crippen molar-refractivity contribution in [2.45, 2.75) is 25.2 Å². The van der Waals surface area contributed by atoms with E-state index in [2.05, 4.69) is 28.1 Å². The highest BCUT2D eigenvalue weighted by Crippen LogP contribution is 2.35. The average molecular weight is 294 g/mol. The van der Waals surface area contributed by atoms with Crippen molar-refractivity contribution >= 4 is 17.3 Å². The molecule has 1 saturated heterocycles. The molecule has 20 heavy (non-hydrogen) atoms. The van der Waals surface area contributed by atoms with Crippen molar-refractivity contribution in [2.24, 2.45) is 5.92 Å². The van der Waals surface area contributed by atoms with Crippen molar-refractivity contribution in [3.8, 4) is 0 Å². The minimum Gasteiger partial charge on any atom is -0.384 e. The Labute approximate surface area is 126 Å². The Hall–Kier alpha value is -0.770. The molecule has 1 aromatic rings. The van der Waals surface area contributed by atoms with Crippen LogP contribution in [0.3, 0.4) is 0 Å². The molecule has 0 radical (unpaired) electrons. The third-order valence-electron chi connectivity index (χ3n) is 4.55. The lowest BCUT2D eigenvalue weighted by Crippen LogP contribution is -2.34. The van der Waals surface area contributed by atoms with E-state index in [0.29, 0.717) is 5.92 Å². The van der Waals surface area contributed by atoms with Gasteiger partial charge in [0, 0.05) is 23.2 Å². The monoisotopic (exact) mass is 293 g/mol. The summed E-state index contributed by atoms with van der Waals surface area (Å²) in [5, 5.41) is 11.4. The fraction of sp³-hybridized carbons (Fsp3) is 0.625. The second kappa shape index (κ2) is 6.79. The van der Waals surface area contributed by atoms with Crippen molar-refractivity contribution in [3.63, 3.8) is 0 Å². The van der Waals surface area contributed by atoms with Crippen molar-refractivity contribution in [1.29, 1.82) is 0 Å². The molecule has 1 aromatic carbocycles. The maximum absolute atomic E-state index is 6.10. The first-order valence-electron chi connectivity index (χ1n) is 7.77. The van der Waals surface area contributed by atoms with Crippen molar-refractivity contribution in [3.05, 3.63) is 28.8 Å². The highest BCUT2D eigenvalue weighted by Gasteiger charge is 2.22. The maximum Gasteiger partial charge on any atom is 0.0410 e. The summed E-state index contributed by atoms with van der Waals surface area (Å²) in [4.78, 5) is 0. The van der Waals surface area contributed by atoms with E-state index >= 15 is 0 Å². The van der Waals surface area contributed by atoms with E-state index in [1.54, 1.807) is 0 Å². The van der Waals surface area contributed by atoms with Gasteiger partial charge in [0.05, 0.1) is 0 Å². The van der Waals surface area contributed by atoms with Gasteiger partial charge in [-0.1, -0.05) is 11.6 Å². The summed E-state index contributed by atoms with van der Waals surface area (Å²) in [6.45, 7) is 5.69. The lowest BCUT2D eigenvalue weighted by atomic mass is 9.96. The summed E-state index contributed by atoms with van der Waals surface area (Å²) < 4.78 is 0. The van der Waals surface area contributed by atoms with Gasteiger partial charge in [-0.25, -0.2) is 0 Å². The topological polar surface area (TPSA) is 36.1 Å². The molecular weight excluding hydrogens is 270 g/mol. The first kappa shape index (κ1) is 14.2. The molecule has 110 valence electrons. The van der Waals surface area contributed by atoms with Crippen LogP contribution in [-0.2, 0) is 0 Å². The molecule has 0 bridgehead atoms. The lowest BCUT2D eigenvalue weighted by Gasteiger charge is -2.23. The number of rotatable bonds is 5. The molecule has 1 fully saturated rings. The number of fused-ring (bicyclic) bond motifs is 1. The third-order valence-corrected chi connectivity index (χ3v) is 4.79. The maximum atomic E-state index is 6.10. The molecule has 1 atom stereocenters. The largest absolute Gasteiger partial charge is 0.384 e. The van der Waals surface area contributed by atoms with Gasteiger partial charge in [-0.05, 0) is 75.1 Å². The Balaban J connectivity index is 1.42. The zero-order valence-corrected chi connectivity index (χ0v) is 12.7. The van der Waals surface area contributed by atoms with E-state index in [-0.39, 0.29) is 0 Å². The molecule has 3 nitrogen and oxygen atoms in total. The highest BCUT2D eigenvalue weighted by molar-refractivity contribution is 6.30. The van der Waals surface area contributed by atoms with E-state index in [4.69, 9.17) is 11.6 Å². The Morgan fingerprint density at radius 3 is 2.95 bits per heavy atom. The summed E-state index contributed by atoms with van der Waals surface area (Å²) in [6.07, 6.45) is 3.82. The molecule has 2 heterocycles. The first-order valence-corrected chi connectivity index (χ1v) is 8.15. The number of halogens is 1. The van der Waals surface area contributed by atoms with Crippen LogP contribution in [0.1, 0.15) is 30.7 Å². The van der Waals surface area contributed by atoms with Crippen LogP contribution < -0.4 is 16.0 Å². The van der Waals surface area contributed by atoms with Crippen molar-refractivity contribution < 1.29 is 0 Å². The Morgan fingerprint density at radius 2 is 2.10 bits per heavy atom. The predicted molar refractivity (Wildman–Crippen MR) is 85.8 cm³/mol. The Kier molecular flexibility index (Phi) is 4.81. The number of benzene rings is 1. The summed E-state index contributed by atoms with van der Waals surface area (Å²) in [5.74, 6) is 1.46. The van der Waals surface area contributed by atoms with Gasteiger partial charge >= 0.3 is 0 Å². The van der Waals surface area contributed by atoms with Crippen molar-refractivity contribution in [1.82, 2.24) is 10.6 Å². The standard InChI is InChI=1S/C16H24ClN3/c17-14-1-2-16-15(9-14)13(11-20-16)5-8-19-10-12-3-6-18-7-4-12/h1-2,9,12-13,18-20H,3-8,10-11H2. The highest BCUT2D eigenvalue weighted by atomic mass is 35.5. The van der Waals surface area contributed by atoms with Gasteiger partial charge in [-0.2, -0.15) is 0 Å². The van der Waals surface area contributed by atoms with Gasteiger partial charge in [0.2, 0.25) is 0 Å². The fourth-order valence-corrected chi connectivity index (χ4v) is 3.48. The quantitative estimate of drug-likeness (QED) is 0.731. The van der Waals surface area contributed by atoms with Crippen LogP contribution in [0.4, 0.5) is 5.69 Å². The lowest BCUT2D eigenvalue weighted by molar-refractivity contribution is 0.355. The van der Waals surface area contributed by atoms with Gasteiger partial charge < -0.3 is 16.0 Å². The first-order chi connectivity index (χ1) is 9.83. The molecule has 2 aliphatic heterocycles. The molecular formula is C16H24ClN3. The van der Waals surface area contributed by atoms with Gasteiger partial charge in [-0.15, -0.1) is 0 Å². The van der Waals surface area contributed by atoms with Gasteiger partial charge in [0.1, 0.15) is 0 Å². The molecule has 0 aliphatic carbocycles. The molecule has 1 unspecified atom stereocenters. The SMILES string of the molecule is Clc1ccc2c(c1)C(CCNCC1CCNCC1)CN2. The molecule has 0 saturated carbocycles. The smallest absolute Gasteiger partial charge is 0.0410 e. The number of nitrogens with one attached hydrogen (secondary N) is 3. The molecule has 0 spiro atoms. The Morgan fingerprint density at radius 1 is 1.25 bits per heavy atom. The summed E-state index contributed by atoms with van der Waals surface area (Å²) in [7, 11) is 0. The summed E-state index contributed by atoms with van der Waals surface area (Å²) in [5.41, 5.74) is 2.65. The normalized spacial score (nSPS) is 22.6. The average Bonchev–Trinajstić information content (AvgIpc) is 2.87. The van der Waals surface area contributed by atoms with Gasteiger partial charge in [0.25, 0.3) is 0 Å². The van der Waals surface area contributed by atoms with Crippen LogP contribution >= 0.6 is 11.6 Å². The van der Waals surface area contributed by atoms with Gasteiger partial charge in [0.15, 0.2) is 0 Å². The second-order valence-electron chi connectivity index (χ2n) is 6.00. The van der Waals surface area contributed by atoms with Crippen LogP contribution in [0, 0.1) is 5.92 Å². The minimum atomic E-state index is 0.601. The van der Waals surface area contributed by atoms with E-state index in [1.165, 1.54) is 50.1 Å². The number of piperidine rings is 1. The number of hydrogen-bond donors (Lipinski definition) is 3. The summed E-state index contributed by atoms with van der Waals surface area (Å²) in [6, 6.07) is 6.18. The molecule has 0 aromatic heterocycles. The predicted octanol–water partition coefficient (Wildman–Crippen LogP) is 2.83. The van der Waals surface area contributed by atoms with Crippen LogP contribution in [0.15, 0.2) is 18.2 Å². The van der Waals surface area contributed by atoms with E-state index in [0.717, 1.165) is 24.0 Å².